The Morgan fingerprint density at radius 2 is 2.13 bits per heavy atom. The van der Waals surface area contributed by atoms with Gasteiger partial charge in [0.25, 0.3) is 5.69 Å². The third-order valence-electron chi connectivity index (χ3n) is 2.31. The second-order valence-electron chi connectivity index (χ2n) is 3.29. The van der Waals surface area contributed by atoms with Crippen LogP contribution < -0.4 is 0 Å². The molecule has 0 saturated heterocycles. The Labute approximate surface area is 85.7 Å². The third kappa shape index (κ3) is 1.48. The van der Waals surface area contributed by atoms with E-state index in [0.29, 0.717) is 21.6 Å². The minimum Gasteiger partial charge on any atom is -0.618 e. The van der Waals surface area contributed by atoms with Crippen molar-refractivity contribution >= 4 is 11.4 Å². The first-order valence-electron chi connectivity index (χ1n) is 4.36. The Hall–Kier alpha value is -2.17. The van der Waals surface area contributed by atoms with Crippen molar-refractivity contribution in [1.29, 1.82) is 0 Å². The molecule has 1 aromatic carbocycles. The molecule has 0 aliphatic carbocycles. The van der Waals surface area contributed by atoms with E-state index >= 15 is 0 Å². The van der Waals surface area contributed by atoms with Crippen LogP contribution in [0.25, 0.3) is 0 Å². The number of rotatable bonds is 2. The van der Waals surface area contributed by atoms with Crippen molar-refractivity contribution in [3.63, 3.8) is 0 Å². The molecule has 0 spiro atoms. The number of hydrogen-bond donors (Lipinski definition) is 0. The zero-order valence-electron chi connectivity index (χ0n) is 8.01. The number of aryl methyl sites for hydroxylation is 1. The molecule has 0 unspecified atom stereocenters. The summed E-state index contributed by atoms with van der Waals surface area (Å²) in [5, 5.41) is 21.7. The van der Waals surface area contributed by atoms with Crippen molar-refractivity contribution in [2.75, 3.05) is 0 Å². The lowest BCUT2D eigenvalue weighted by Gasteiger charge is -2.09. The Kier molecular flexibility index (Phi) is 2.00. The highest BCUT2D eigenvalue weighted by Gasteiger charge is 2.20. The van der Waals surface area contributed by atoms with Gasteiger partial charge in [0.1, 0.15) is 0 Å². The van der Waals surface area contributed by atoms with E-state index in [9.17, 15) is 15.3 Å². The third-order valence-corrected chi connectivity index (χ3v) is 2.31. The molecule has 5 heteroatoms. The van der Waals surface area contributed by atoms with Crippen LogP contribution in [0.1, 0.15) is 11.1 Å². The summed E-state index contributed by atoms with van der Waals surface area (Å²) in [5.74, 6) is 0. The zero-order valence-corrected chi connectivity index (χ0v) is 8.01. The molecule has 0 atom stereocenters. The molecular formula is C10H8N2O3. The Bertz CT molecular complexity index is 503. The lowest BCUT2D eigenvalue weighted by Crippen LogP contribution is -2.18. The monoisotopic (exact) mass is 204 g/mol. The molecule has 0 saturated carbocycles. The van der Waals surface area contributed by atoms with Crippen molar-refractivity contribution < 1.29 is 9.66 Å². The Morgan fingerprint density at radius 3 is 2.60 bits per heavy atom. The minimum atomic E-state index is -0.448. The first-order valence-corrected chi connectivity index (χ1v) is 4.36. The molecule has 0 bridgehead atoms. The maximum absolute atomic E-state index is 11.0. The van der Waals surface area contributed by atoms with E-state index < -0.39 is 4.92 Å². The molecule has 1 aliphatic rings. The molecule has 0 radical (unpaired) electrons. The molecule has 0 fully saturated rings. The van der Waals surface area contributed by atoms with Crippen LogP contribution in [0.5, 0.6) is 0 Å². The van der Waals surface area contributed by atoms with Crippen LogP contribution in [0.4, 0.5) is 5.69 Å². The van der Waals surface area contributed by atoms with Crippen molar-refractivity contribution in [1.82, 2.24) is 0 Å². The molecule has 2 rings (SSSR count). The highest BCUT2D eigenvalue weighted by molar-refractivity contribution is 6.07. The molecule has 0 amide bonds. The maximum Gasteiger partial charge on any atom is 0.273 e. The lowest BCUT2D eigenvalue weighted by atomic mass is 10.0. The fourth-order valence-corrected chi connectivity index (χ4v) is 1.40. The average molecular weight is 204 g/mol. The second-order valence-corrected chi connectivity index (χ2v) is 3.29. The van der Waals surface area contributed by atoms with E-state index in [1.165, 1.54) is 12.3 Å². The summed E-state index contributed by atoms with van der Waals surface area (Å²) in [6.07, 6.45) is 2.99. The quantitative estimate of drug-likeness (QED) is 0.319. The summed E-state index contributed by atoms with van der Waals surface area (Å²) in [4.78, 5) is 10.2. The average Bonchev–Trinajstić information content (AvgIpc) is 2.18. The summed E-state index contributed by atoms with van der Waals surface area (Å²) in [6, 6.07) is 4.76. The van der Waals surface area contributed by atoms with Gasteiger partial charge < -0.3 is 5.21 Å². The van der Waals surface area contributed by atoms with Crippen LogP contribution in [-0.2, 0) is 0 Å². The number of hydroxylamine groups is 1. The van der Waals surface area contributed by atoms with Gasteiger partial charge in [-0.3, -0.25) is 10.1 Å². The van der Waals surface area contributed by atoms with Gasteiger partial charge in [0.2, 0.25) is 5.71 Å². The normalized spacial score (nSPS) is 13.9. The predicted octanol–water partition coefficient (Wildman–Crippen LogP) is 1.73. The van der Waals surface area contributed by atoms with Crippen LogP contribution >= 0.6 is 0 Å². The smallest absolute Gasteiger partial charge is 0.273 e. The molecule has 1 heterocycles. The Balaban J connectivity index is 2.48. The van der Waals surface area contributed by atoms with Gasteiger partial charge in [-0.15, -0.1) is 0 Å². The van der Waals surface area contributed by atoms with Gasteiger partial charge in [-0.25, -0.2) is 0 Å². The van der Waals surface area contributed by atoms with Crippen molar-refractivity contribution in [2.45, 2.75) is 6.92 Å². The molecule has 1 aromatic rings. The minimum absolute atomic E-state index is 0.0358. The fourth-order valence-electron chi connectivity index (χ4n) is 1.40. The van der Waals surface area contributed by atoms with E-state index in [2.05, 4.69) is 0 Å². The molecule has 5 nitrogen and oxygen atoms in total. The molecule has 15 heavy (non-hydrogen) atoms. The van der Waals surface area contributed by atoms with Crippen molar-refractivity contribution in [2.24, 2.45) is 0 Å². The standard InChI is InChI=1S/C10H8N2O3/c1-7-2-3-8(6-10(7)12(14)15)9-4-5-11(9)13/h2-6H,1H3. The number of allylic oxidation sites excluding steroid dienone is 1. The highest BCUT2D eigenvalue weighted by atomic mass is 16.6. The van der Waals surface area contributed by atoms with E-state index in [-0.39, 0.29) is 5.69 Å². The van der Waals surface area contributed by atoms with Crippen LogP contribution in [-0.4, -0.2) is 15.4 Å². The number of nitrogens with zero attached hydrogens (tertiary/aromatic N) is 2. The summed E-state index contributed by atoms with van der Waals surface area (Å²) in [6.45, 7) is 1.66. The molecule has 0 aromatic heterocycles. The van der Waals surface area contributed by atoms with Crippen molar-refractivity contribution in [3.05, 3.63) is 56.9 Å². The van der Waals surface area contributed by atoms with Gasteiger partial charge in [0.05, 0.1) is 16.6 Å². The van der Waals surface area contributed by atoms with Gasteiger partial charge in [-0.1, -0.05) is 6.07 Å². The SMILES string of the molecule is Cc1ccc(C2=[N+]([O-])C=C2)cc1[N+](=O)[O-]. The number of nitro groups is 1. The van der Waals surface area contributed by atoms with Gasteiger partial charge >= 0.3 is 0 Å². The number of hydrogen-bond acceptors (Lipinski definition) is 3. The van der Waals surface area contributed by atoms with E-state index in [1.54, 1.807) is 25.1 Å². The number of nitro benzene ring substituents is 1. The van der Waals surface area contributed by atoms with E-state index in [1.807, 2.05) is 0 Å². The van der Waals surface area contributed by atoms with Gasteiger partial charge in [0, 0.05) is 11.6 Å². The van der Waals surface area contributed by atoms with Gasteiger partial charge in [-0.05, 0) is 13.0 Å². The summed E-state index contributed by atoms with van der Waals surface area (Å²) in [7, 11) is 0. The van der Waals surface area contributed by atoms with Crippen LogP contribution in [0, 0.1) is 22.2 Å². The summed E-state index contributed by atoms with van der Waals surface area (Å²) < 4.78 is 0.689. The summed E-state index contributed by atoms with van der Waals surface area (Å²) >= 11 is 0. The lowest BCUT2D eigenvalue weighted by molar-refractivity contribution is -0.389. The second kappa shape index (κ2) is 3.20. The topological polar surface area (TPSA) is 69.2 Å². The van der Waals surface area contributed by atoms with Crippen LogP contribution in [0.3, 0.4) is 0 Å². The first kappa shape index (κ1) is 9.39. The fraction of sp³-hybridized carbons (Fsp3) is 0.100. The number of benzene rings is 1. The molecular weight excluding hydrogens is 196 g/mol. The van der Waals surface area contributed by atoms with Crippen molar-refractivity contribution in [3.8, 4) is 0 Å². The molecule has 0 N–H and O–H groups in total. The van der Waals surface area contributed by atoms with Gasteiger partial charge in [-0.2, -0.15) is 4.74 Å². The van der Waals surface area contributed by atoms with E-state index in [0.717, 1.165) is 0 Å². The molecule has 1 aliphatic heterocycles. The predicted molar refractivity (Wildman–Crippen MR) is 54.7 cm³/mol. The van der Waals surface area contributed by atoms with Gasteiger partial charge in [0.15, 0.2) is 6.20 Å². The maximum atomic E-state index is 11.0. The largest absolute Gasteiger partial charge is 0.618 e. The van der Waals surface area contributed by atoms with Crippen LogP contribution in [0.15, 0.2) is 30.5 Å². The highest BCUT2D eigenvalue weighted by Crippen LogP contribution is 2.21. The van der Waals surface area contributed by atoms with E-state index in [4.69, 9.17) is 0 Å². The first-order chi connectivity index (χ1) is 7.09. The Morgan fingerprint density at radius 1 is 1.40 bits per heavy atom. The zero-order chi connectivity index (χ0) is 11.0. The van der Waals surface area contributed by atoms with Crippen LogP contribution in [0.2, 0.25) is 0 Å². The summed E-state index contributed by atoms with van der Waals surface area (Å²) in [5.41, 5.74) is 1.65. The molecule has 76 valence electrons.